The Kier molecular flexibility index (Phi) is 4.71. The number of rotatable bonds is 3. The smallest absolute Gasteiger partial charge is 0.188 e. The largest absolute Gasteiger partial charge is 0.370 e. The zero-order chi connectivity index (χ0) is 9.61. The number of aliphatic imine (C=N–C) groups is 1. The molecule has 0 radical (unpaired) electrons. The zero-order valence-electron chi connectivity index (χ0n) is 8.65. The third-order valence-electron chi connectivity index (χ3n) is 1.50. The zero-order valence-corrected chi connectivity index (χ0v) is 8.65. The van der Waals surface area contributed by atoms with Gasteiger partial charge in [-0.1, -0.05) is 20.8 Å². The fourth-order valence-electron chi connectivity index (χ4n) is 0.749. The van der Waals surface area contributed by atoms with E-state index < -0.39 is 0 Å². The summed E-state index contributed by atoms with van der Waals surface area (Å²) in [5.74, 6) is 0.557. The lowest BCUT2D eigenvalue weighted by Gasteiger charge is -2.16. The maximum absolute atomic E-state index is 5.55. The van der Waals surface area contributed by atoms with Crippen molar-refractivity contribution in [2.45, 2.75) is 34.1 Å². The summed E-state index contributed by atoms with van der Waals surface area (Å²) in [4.78, 5) is 4.18. The fraction of sp³-hybridized carbons (Fsp3) is 0.889. The van der Waals surface area contributed by atoms with Gasteiger partial charge in [-0.3, -0.25) is 4.99 Å². The summed E-state index contributed by atoms with van der Waals surface area (Å²) in [7, 11) is 0. The van der Waals surface area contributed by atoms with Crippen molar-refractivity contribution < 1.29 is 0 Å². The number of nitrogens with one attached hydrogen (secondary N) is 1. The molecule has 0 rings (SSSR count). The van der Waals surface area contributed by atoms with Crippen LogP contribution >= 0.6 is 0 Å². The maximum atomic E-state index is 5.55. The van der Waals surface area contributed by atoms with Crippen LogP contribution in [0.5, 0.6) is 0 Å². The van der Waals surface area contributed by atoms with Gasteiger partial charge in [-0.05, 0) is 18.8 Å². The molecule has 3 heteroatoms. The molecule has 0 fully saturated rings. The Hall–Kier alpha value is -0.730. The normalized spacial score (nSPS) is 13.2. The Morgan fingerprint density at radius 1 is 1.42 bits per heavy atom. The van der Waals surface area contributed by atoms with Gasteiger partial charge in [-0.2, -0.15) is 0 Å². The summed E-state index contributed by atoms with van der Waals surface area (Å²) >= 11 is 0. The average molecular weight is 171 g/mol. The quantitative estimate of drug-likeness (QED) is 0.497. The van der Waals surface area contributed by atoms with Gasteiger partial charge in [-0.15, -0.1) is 0 Å². The third-order valence-corrected chi connectivity index (χ3v) is 1.50. The molecule has 0 aromatic heterocycles. The van der Waals surface area contributed by atoms with Gasteiger partial charge >= 0.3 is 0 Å². The second-order valence-electron chi connectivity index (χ2n) is 4.11. The SMILES string of the molecule is CCNC(N)=NCCC(C)(C)C. The lowest BCUT2D eigenvalue weighted by Crippen LogP contribution is -2.31. The van der Waals surface area contributed by atoms with Gasteiger partial charge < -0.3 is 11.1 Å². The van der Waals surface area contributed by atoms with Crippen molar-refractivity contribution in [3.63, 3.8) is 0 Å². The molecule has 0 saturated heterocycles. The van der Waals surface area contributed by atoms with Crippen LogP contribution in [0.2, 0.25) is 0 Å². The molecule has 0 saturated carbocycles. The summed E-state index contributed by atoms with van der Waals surface area (Å²) in [5, 5.41) is 2.96. The molecule has 0 aliphatic carbocycles. The van der Waals surface area contributed by atoms with E-state index in [1.165, 1.54) is 0 Å². The highest BCUT2D eigenvalue weighted by Crippen LogP contribution is 2.17. The molecule has 0 bridgehead atoms. The number of nitrogens with zero attached hydrogens (tertiary/aromatic N) is 1. The maximum Gasteiger partial charge on any atom is 0.188 e. The number of hydrogen-bond acceptors (Lipinski definition) is 1. The van der Waals surface area contributed by atoms with Crippen LogP contribution in [0.1, 0.15) is 34.1 Å². The average Bonchev–Trinajstić information content (AvgIpc) is 1.84. The molecule has 0 heterocycles. The molecular formula is C9H21N3. The van der Waals surface area contributed by atoms with Crippen LogP contribution in [0, 0.1) is 5.41 Å². The molecule has 0 aromatic carbocycles. The first-order valence-corrected chi connectivity index (χ1v) is 4.49. The molecular weight excluding hydrogens is 150 g/mol. The second-order valence-corrected chi connectivity index (χ2v) is 4.11. The molecule has 0 aromatic rings. The number of hydrogen-bond donors (Lipinski definition) is 2. The van der Waals surface area contributed by atoms with Crippen LogP contribution in [0.4, 0.5) is 0 Å². The van der Waals surface area contributed by atoms with Crippen molar-refractivity contribution in [3.05, 3.63) is 0 Å². The predicted octanol–water partition coefficient (Wildman–Crippen LogP) is 1.35. The Balaban J connectivity index is 3.60. The first-order valence-electron chi connectivity index (χ1n) is 4.49. The molecule has 12 heavy (non-hydrogen) atoms. The molecule has 72 valence electrons. The van der Waals surface area contributed by atoms with Crippen molar-refractivity contribution >= 4 is 5.96 Å². The van der Waals surface area contributed by atoms with Gasteiger partial charge in [0, 0.05) is 13.1 Å². The Bertz CT molecular complexity index is 144. The molecule has 0 spiro atoms. The molecule has 0 aliphatic rings. The standard InChI is InChI=1S/C9H21N3/c1-5-11-8(10)12-7-6-9(2,3)4/h5-7H2,1-4H3,(H3,10,11,12). The first-order chi connectivity index (χ1) is 5.45. The van der Waals surface area contributed by atoms with Crippen molar-refractivity contribution in [1.82, 2.24) is 5.32 Å². The van der Waals surface area contributed by atoms with E-state index in [2.05, 4.69) is 31.1 Å². The van der Waals surface area contributed by atoms with Crippen LogP contribution in [-0.4, -0.2) is 19.0 Å². The van der Waals surface area contributed by atoms with E-state index in [1.54, 1.807) is 0 Å². The molecule has 0 aliphatic heterocycles. The van der Waals surface area contributed by atoms with Crippen LogP contribution < -0.4 is 11.1 Å². The molecule has 0 amide bonds. The van der Waals surface area contributed by atoms with E-state index >= 15 is 0 Å². The summed E-state index contributed by atoms with van der Waals surface area (Å²) in [6, 6.07) is 0. The number of guanidine groups is 1. The summed E-state index contributed by atoms with van der Waals surface area (Å²) in [6.07, 6.45) is 1.07. The topological polar surface area (TPSA) is 50.4 Å². The van der Waals surface area contributed by atoms with Crippen LogP contribution in [0.25, 0.3) is 0 Å². The highest BCUT2D eigenvalue weighted by molar-refractivity contribution is 5.77. The van der Waals surface area contributed by atoms with Gasteiger partial charge in [0.15, 0.2) is 5.96 Å². The van der Waals surface area contributed by atoms with E-state index in [9.17, 15) is 0 Å². The molecule has 0 atom stereocenters. The molecule has 3 N–H and O–H groups in total. The second kappa shape index (κ2) is 5.01. The van der Waals surface area contributed by atoms with Crippen molar-refractivity contribution in [3.8, 4) is 0 Å². The van der Waals surface area contributed by atoms with E-state index in [0.29, 0.717) is 11.4 Å². The monoisotopic (exact) mass is 171 g/mol. The third kappa shape index (κ3) is 7.38. The van der Waals surface area contributed by atoms with E-state index in [-0.39, 0.29) is 0 Å². The predicted molar refractivity (Wildman–Crippen MR) is 54.2 cm³/mol. The van der Waals surface area contributed by atoms with E-state index in [0.717, 1.165) is 19.5 Å². The highest BCUT2D eigenvalue weighted by atomic mass is 15.1. The first kappa shape index (κ1) is 11.3. The minimum Gasteiger partial charge on any atom is -0.370 e. The summed E-state index contributed by atoms with van der Waals surface area (Å²) in [6.45, 7) is 10.3. The van der Waals surface area contributed by atoms with Gasteiger partial charge in [0.25, 0.3) is 0 Å². The Morgan fingerprint density at radius 2 is 2.00 bits per heavy atom. The van der Waals surface area contributed by atoms with Crippen molar-refractivity contribution in [2.75, 3.05) is 13.1 Å². The van der Waals surface area contributed by atoms with E-state index in [1.807, 2.05) is 6.92 Å². The van der Waals surface area contributed by atoms with Crippen LogP contribution in [0.15, 0.2) is 4.99 Å². The van der Waals surface area contributed by atoms with Gasteiger partial charge in [-0.25, -0.2) is 0 Å². The van der Waals surface area contributed by atoms with Crippen LogP contribution in [-0.2, 0) is 0 Å². The summed E-state index contributed by atoms with van der Waals surface area (Å²) < 4.78 is 0. The summed E-state index contributed by atoms with van der Waals surface area (Å²) in [5.41, 5.74) is 5.90. The van der Waals surface area contributed by atoms with Gasteiger partial charge in [0.1, 0.15) is 0 Å². The minimum atomic E-state index is 0.343. The number of nitrogens with two attached hydrogens (primary N) is 1. The Morgan fingerprint density at radius 3 is 2.42 bits per heavy atom. The lowest BCUT2D eigenvalue weighted by atomic mass is 9.93. The molecule has 3 nitrogen and oxygen atoms in total. The highest BCUT2D eigenvalue weighted by Gasteiger charge is 2.08. The lowest BCUT2D eigenvalue weighted by molar-refractivity contribution is 0.385. The Labute approximate surface area is 75.4 Å². The van der Waals surface area contributed by atoms with Crippen molar-refractivity contribution in [2.24, 2.45) is 16.1 Å². The van der Waals surface area contributed by atoms with Gasteiger partial charge in [0.05, 0.1) is 0 Å². The van der Waals surface area contributed by atoms with E-state index in [4.69, 9.17) is 5.73 Å². The molecule has 0 unspecified atom stereocenters. The van der Waals surface area contributed by atoms with Crippen molar-refractivity contribution in [1.29, 1.82) is 0 Å². The fourth-order valence-corrected chi connectivity index (χ4v) is 0.749. The minimum absolute atomic E-state index is 0.343. The van der Waals surface area contributed by atoms with Gasteiger partial charge in [0.2, 0.25) is 0 Å². The van der Waals surface area contributed by atoms with Crippen LogP contribution in [0.3, 0.4) is 0 Å².